The number of benzene rings is 2. The van der Waals surface area contributed by atoms with Crippen molar-refractivity contribution in [3.63, 3.8) is 0 Å². The van der Waals surface area contributed by atoms with Crippen molar-refractivity contribution < 1.29 is 68.0 Å². The highest BCUT2D eigenvalue weighted by Crippen LogP contribution is 2.67. The summed E-state index contributed by atoms with van der Waals surface area (Å²) in [6.45, 7) is 10.6. The number of nitrogens with one attached hydrogen (secondary N) is 4. The number of carbonyl (C=O) groups is 4. The van der Waals surface area contributed by atoms with Crippen molar-refractivity contribution in [2.75, 3.05) is 105 Å². The van der Waals surface area contributed by atoms with Gasteiger partial charge in [-0.05, 0) is 101 Å². The van der Waals surface area contributed by atoms with E-state index in [4.69, 9.17) is 28.4 Å². The molecule has 3 aromatic rings. The standard InChI is InChI=1S/C60H87N7O14/c1-9-39(33-68)81-48(77-7)34-80-55(73)62-23-18-47(69)63-37(4)50(70)79-27-15-22-61-35-60(75)52-58(21-26-67-24-14-20-57(11-3,51(58)67)53(60)71)42-28-43(46(76-6)29-45(42)65(52)5)59(54(72)78-8)31-38-30-56(74,10-2)36-66(32-38)25-19-41-40-16-12-13-17-44(40)64-49(41)59/h12-14,16-17,20,28-29,37-39,48,51-53,61,64,68,71,74-75H,9-11,15,18-19,21-27,30-36H2,1-8H3,(H,62,73)(H,63,69)/t37?,38?,39?,48?,51?,52?,53-,56?,57-,58?,59+,60+/m1/s1. The maximum absolute atomic E-state index is 15.5. The van der Waals surface area contributed by atoms with Gasteiger partial charge in [-0.2, -0.15) is 0 Å². The molecule has 6 aliphatic rings. The fourth-order valence-electron chi connectivity index (χ4n) is 15.4. The van der Waals surface area contributed by atoms with Crippen LogP contribution in [0.4, 0.5) is 10.5 Å². The number of nitrogens with zero attached hydrogens (tertiary/aromatic N) is 3. The van der Waals surface area contributed by atoms with Crippen LogP contribution in [0.5, 0.6) is 5.75 Å². The van der Waals surface area contributed by atoms with Crippen molar-refractivity contribution in [3.05, 3.63) is 70.9 Å². The van der Waals surface area contributed by atoms with E-state index in [1.807, 2.05) is 45.2 Å². The van der Waals surface area contributed by atoms with Crippen LogP contribution in [0.1, 0.15) is 101 Å². The van der Waals surface area contributed by atoms with E-state index in [0.29, 0.717) is 102 Å². The number of aliphatic hydroxyl groups excluding tert-OH is 2. The number of piperidine rings is 1. The van der Waals surface area contributed by atoms with E-state index >= 15 is 4.79 Å². The Morgan fingerprint density at radius 1 is 0.963 bits per heavy atom. The summed E-state index contributed by atoms with van der Waals surface area (Å²) < 4.78 is 33.9. The van der Waals surface area contributed by atoms with Crippen molar-refractivity contribution in [1.82, 2.24) is 30.7 Å². The van der Waals surface area contributed by atoms with Gasteiger partial charge in [0.1, 0.15) is 29.4 Å². The Kier molecular flexibility index (Phi) is 18.2. The zero-order valence-corrected chi connectivity index (χ0v) is 48.5. The summed E-state index contributed by atoms with van der Waals surface area (Å²) in [4.78, 5) is 64.2. The number of anilines is 1. The molecule has 2 bridgehead atoms. The van der Waals surface area contributed by atoms with E-state index in [0.717, 1.165) is 33.4 Å². The van der Waals surface area contributed by atoms with Crippen LogP contribution in [0.25, 0.3) is 10.9 Å². The molecular weight excluding hydrogens is 1040 g/mol. The maximum Gasteiger partial charge on any atom is 0.407 e. The average molecular weight is 1130 g/mol. The second kappa shape index (κ2) is 24.5. The molecule has 9 unspecified atom stereocenters. The molecule has 446 valence electrons. The van der Waals surface area contributed by atoms with E-state index in [2.05, 4.69) is 66.8 Å². The SMILES string of the molecule is CCC(CO)OC(COC(=O)NCCC(=O)NC(C)C(=O)OCCCNC[C@]1(O)C2N(C)c3cc(OC)c([C@@]4(C(=O)OC)CC5CN(CCc6c4[nH]c4ccccc64)CC(O)(CC)C5)cc3C23CCN2CC=C[C@](CC)(C23)[C@H]1O)OC. The van der Waals surface area contributed by atoms with Crippen LogP contribution in [0.3, 0.4) is 0 Å². The van der Waals surface area contributed by atoms with E-state index < -0.39 is 82.0 Å². The van der Waals surface area contributed by atoms with E-state index in [1.54, 1.807) is 7.11 Å². The lowest BCUT2D eigenvalue weighted by atomic mass is 9.47. The Labute approximate surface area is 475 Å². The van der Waals surface area contributed by atoms with Gasteiger partial charge in [-0.3, -0.25) is 19.4 Å². The van der Waals surface area contributed by atoms with Crippen LogP contribution in [0, 0.1) is 11.3 Å². The quantitative estimate of drug-likeness (QED) is 0.0223. The molecule has 3 fully saturated rings. The minimum Gasteiger partial charge on any atom is -0.496 e. The van der Waals surface area contributed by atoms with Crippen LogP contribution >= 0.6 is 0 Å². The third-order valence-electron chi connectivity index (χ3n) is 19.1. The van der Waals surface area contributed by atoms with Gasteiger partial charge in [-0.1, -0.05) is 51.1 Å². The minimum atomic E-state index is -1.75. The van der Waals surface area contributed by atoms with E-state index in [1.165, 1.54) is 21.1 Å². The minimum absolute atomic E-state index is 0.0000174. The third kappa shape index (κ3) is 10.7. The number of esters is 2. The van der Waals surface area contributed by atoms with Gasteiger partial charge < -0.3 is 74.7 Å². The summed E-state index contributed by atoms with van der Waals surface area (Å²) in [6, 6.07) is 10.5. The monoisotopic (exact) mass is 1130 g/mol. The molecule has 8 N–H and O–H groups in total. The number of carbonyl (C=O) groups excluding carboxylic acids is 4. The molecule has 2 amide bonds. The molecular formula is C60H87N7O14. The van der Waals surface area contributed by atoms with E-state index in [-0.39, 0.29) is 51.3 Å². The lowest BCUT2D eigenvalue weighted by Crippen LogP contribution is -2.80. The largest absolute Gasteiger partial charge is 0.496 e. The van der Waals surface area contributed by atoms with Crippen LogP contribution in [-0.2, 0) is 55.3 Å². The van der Waals surface area contributed by atoms with Crippen molar-refractivity contribution in [2.45, 2.75) is 144 Å². The van der Waals surface area contributed by atoms with Gasteiger partial charge in [0.25, 0.3) is 0 Å². The van der Waals surface area contributed by atoms with Gasteiger partial charge in [0, 0.05) is 111 Å². The fourth-order valence-corrected chi connectivity index (χ4v) is 15.4. The maximum atomic E-state index is 15.5. The second-order valence-corrected chi connectivity index (χ2v) is 23.6. The summed E-state index contributed by atoms with van der Waals surface area (Å²) in [5.74, 6) is -1.17. The van der Waals surface area contributed by atoms with E-state index in [9.17, 15) is 34.8 Å². The number of fused-ring (bicyclic) bond motifs is 6. The number of hydrogen-bond acceptors (Lipinski definition) is 18. The zero-order valence-electron chi connectivity index (χ0n) is 48.5. The van der Waals surface area contributed by atoms with Gasteiger partial charge in [0.05, 0.1) is 51.3 Å². The summed E-state index contributed by atoms with van der Waals surface area (Å²) in [7, 11) is 6.44. The summed E-state index contributed by atoms with van der Waals surface area (Å²) in [5, 5.41) is 57.7. The molecule has 0 radical (unpaired) electrons. The first-order valence-corrected chi connectivity index (χ1v) is 29.1. The summed E-state index contributed by atoms with van der Waals surface area (Å²) in [6.07, 6.45) is 4.94. The van der Waals surface area contributed by atoms with Crippen LogP contribution < -0.4 is 25.6 Å². The fraction of sp³-hybridized carbons (Fsp3) is 0.667. The first-order chi connectivity index (χ1) is 38.9. The smallest absolute Gasteiger partial charge is 0.407 e. The van der Waals surface area contributed by atoms with Crippen molar-refractivity contribution in [2.24, 2.45) is 11.3 Å². The number of aromatic amines is 1. The van der Waals surface area contributed by atoms with Crippen molar-refractivity contribution in [3.8, 4) is 5.75 Å². The highest BCUT2D eigenvalue weighted by Gasteiger charge is 2.76. The predicted molar refractivity (Wildman–Crippen MR) is 302 cm³/mol. The first-order valence-electron chi connectivity index (χ1n) is 29.1. The summed E-state index contributed by atoms with van der Waals surface area (Å²) in [5.41, 5.74) is -0.559. The Bertz CT molecular complexity index is 2790. The first kappa shape index (κ1) is 60.2. The molecule has 1 aromatic heterocycles. The van der Waals surface area contributed by atoms with Gasteiger partial charge in [-0.25, -0.2) is 9.59 Å². The van der Waals surface area contributed by atoms with Crippen LogP contribution in [0.15, 0.2) is 48.6 Å². The molecule has 1 aliphatic carbocycles. The average Bonchev–Trinajstić information content (AvgIpc) is 2.33. The number of alkyl carbamates (subject to hydrolysis) is 1. The molecule has 13 atom stereocenters. The topological polar surface area (TPSA) is 266 Å². The Balaban J connectivity index is 0.946. The van der Waals surface area contributed by atoms with Crippen molar-refractivity contribution in [1.29, 1.82) is 0 Å². The second-order valence-electron chi connectivity index (χ2n) is 23.6. The number of para-hydroxylation sites is 1. The molecule has 2 saturated heterocycles. The molecule has 1 spiro atoms. The Hall–Kier alpha value is -5.36. The number of likely N-dealkylation sites (N-methyl/N-ethyl adjacent to an activating group) is 1. The highest BCUT2D eigenvalue weighted by molar-refractivity contribution is 5.94. The molecule has 1 saturated carbocycles. The Morgan fingerprint density at radius 3 is 2.47 bits per heavy atom. The number of rotatable bonds is 23. The normalized spacial score (nSPS) is 31.3. The molecule has 81 heavy (non-hydrogen) atoms. The van der Waals surface area contributed by atoms with Crippen molar-refractivity contribution >= 4 is 40.5 Å². The van der Waals surface area contributed by atoms with Gasteiger partial charge in [0.2, 0.25) is 5.91 Å². The van der Waals surface area contributed by atoms with Gasteiger partial charge >= 0.3 is 18.0 Å². The number of methoxy groups -OCH3 is 3. The van der Waals surface area contributed by atoms with Crippen LogP contribution in [0.2, 0.25) is 0 Å². The highest BCUT2D eigenvalue weighted by atomic mass is 16.7. The van der Waals surface area contributed by atoms with Gasteiger partial charge in [-0.15, -0.1) is 0 Å². The molecule has 21 nitrogen and oxygen atoms in total. The van der Waals surface area contributed by atoms with Crippen LogP contribution in [-0.4, -0.2) is 208 Å². The Morgan fingerprint density at radius 2 is 1.75 bits per heavy atom. The summed E-state index contributed by atoms with van der Waals surface area (Å²) >= 11 is 0. The van der Waals surface area contributed by atoms with Gasteiger partial charge in [0.15, 0.2) is 6.29 Å². The lowest BCUT2D eigenvalue weighted by molar-refractivity contribution is -0.197. The number of aromatic nitrogens is 1. The number of amides is 2. The third-order valence-corrected chi connectivity index (χ3v) is 19.1. The number of hydrogen-bond donors (Lipinski definition) is 8. The molecule has 9 rings (SSSR count). The molecule has 21 heteroatoms. The predicted octanol–water partition coefficient (Wildman–Crippen LogP) is 3.15. The molecule has 5 aliphatic heterocycles. The molecule has 2 aromatic carbocycles. The molecule has 6 heterocycles. The number of aliphatic hydroxyl groups is 4. The number of H-pyrrole nitrogens is 1. The number of ether oxygens (including phenoxy) is 6. The zero-order chi connectivity index (χ0) is 58.1. The lowest BCUT2D eigenvalue weighted by Gasteiger charge is -2.64.